The minimum atomic E-state index is -4.44. The summed E-state index contributed by atoms with van der Waals surface area (Å²) in [6.45, 7) is 0. The average Bonchev–Trinajstić information content (AvgIpc) is 2.40. The molecule has 0 atom stereocenters. The van der Waals surface area contributed by atoms with E-state index < -0.39 is 11.7 Å². The Labute approximate surface area is 118 Å². The van der Waals surface area contributed by atoms with Gasteiger partial charge in [0.15, 0.2) is 0 Å². The summed E-state index contributed by atoms with van der Waals surface area (Å²) in [6.07, 6.45) is -4.44. The maximum absolute atomic E-state index is 13.0. The molecule has 2 rings (SSSR count). The summed E-state index contributed by atoms with van der Waals surface area (Å²) in [7, 11) is 1.48. The van der Waals surface area contributed by atoms with Gasteiger partial charge in [-0.3, -0.25) is 0 Å². The lowest BCUT2D eigenvalue weighted by atomic mass is 10.2. The Morgan fingerprint density at radius 2 is 1.75 bits per heavy atom. The van der Waals surface area contributed by atoms with E-state index in [1.54, 1.807) is 24.3 Å². The van der Waals surface area contributed by atoms with Gasteiger partial charge in [0.2, 0.25) is 0 Å². The predicted molar refractivity (Wildman–Crippen MR) is 73.0 cm³/mol. The molecule has 0 heterocycles. The molecule has 20 heavy (non-hydrogen) atoms. The molecule has 6 heteroatoms. The minimum Gasteiger partial charge on any atom is -0.496 e. The van der Waals surface area contributed by atoms with Gasteiger partial charge in [0.05, 0.1) is 17.6 Å². The van der Waals surface area contributed by atoms with Crippen LogP contribution in [-0.2, 0) is 6.18 Å². The van der Waals surface area contributed by atoms with Crippen molar-refractivity contribution in [2.45, 2.75) is 16.0 Å². The molecular formula is C14H12F3NOS. The number of alkyl halides is 3. The monoisotopic (exact) mass is 299 g/mol. The zero-order valence-electron chi connectivity index (χ0n) is 10.6. The van der Waals surface area contributed by atoms with Gasteiger partial charge in [0.25, 0.3) is 0 Å². The van der Waals surface area contributed by atoms with E-state index in [2.05, 4.69) is 0 Å². The van der Waals surface area contributed by atoms with Crippen LogP contribution in [-0.4, -0.2) is 7.11 Å². The highest BCUT2D eigenvalue weighted by Crippen LogP contribution is 2.42. The molecule has 0 aromatic heterocycles. The minimum absolute atomic E-state index is 0.0849. The molecule has 0 radical (unpaired) electrons. The van der Waals surface area contributed by atoms with E-state index in [4.69, 9.17) is 10.5 Å². The third-order valence-electron chi connectivity index (χ3n) is 2.60. The maximum Gasteiger partial charge on any atom is 0.417 e. The average molecular weight is 299 g/mol. The summed E-state index contributed by atoms with van der Waals surface area (Å²) in [5, 5.41) is 0. The van der Waals surface area contributed by atoms with Crippen molar-refractivity contribution in [2.24, 2.45) is 0 Å². The van der Waals surface area contributed by atoms with E-state index in [0.717, 1.165) is 17.8 Å². The second-order valence-electron chi connectivity index (χ2n) is 4.01. The molecule has 2 N–H and O–H groups in total. The van der Waals surface area contributed by atoms with Crippen LogP contribution in [0.3, 0.4) is 0 Å². The Morgan fingerprint density at radius 3 is 2.40 bits per heavy atom. The van der Waals surface area contributed by atoms with Crippen LogP contribution in [0.5, 0.6) is 5.75 Å². The molecule has 0 aliphatic heterocycles. The summed E-state index contributed by atoms with van der Waals surface area (Å²) in [4.78, 5) is 0.710. The Bertz CT molecular complexity index is 614. The van der Waals surface area contributed by atoms with E-state index in [1.807, 2.05) is 0 Å². The van der Waals surface area contributed by atoms with Gasteiger partial charge in [-0.25, -0.2) is 0 Å². The van der Waals surface area contributed by atoms with E-state index in [0.29, 0.717) is 10.6 Å². The standard InChI is InChI=1S/C14H12F3NOS/c1-19-11-4-2-3-5-13(11)20-12-7-6-9(18)8-10(12)14(15,16)17/h2-8H,18H2,1H3. The Balaban J connectivity index is 2.44. The summed E-state index contributed by atoms with van der Waals surface area (Å²) in [5.74, 6) is 0.530. The maximum atomic E-state index is 13.0. The lowest BCUT2D eigenvalue weighted by molar-refractivity contribution is -0.139. The first-order valence-corrected chi connectivity index (χ1v) is 6.51. The number of nitrogen functional groups attached to an aromatic ring is 1. The third-order valence-corrected chi connectivity index (χ3v) is 3.73. The van der Waals surface area contributed by atoms with E-state index >= 15 is 0 Å². The molecule has 0 amide bonds. The van der Waals surface area contributed by atoms with Crippen molar-refractivity contribution in [3.05, 3.63) is 48.0 Å². The van der Waals surface area contributed by atoms with E-state index in [1.165, 1.54) is 19.2 Å². The molecular weight excluding hydrogens is 287 g/mol. The first-order chi connectivity index (χ1) is 9.41. The van der Waals surface area contributed by atoms with Gasteiger partial charge in [-0.1, -0.05) is 23.9 Å². The lowest BCUT2D eigenvalue weighted by Gasteiger charge is -2.14. The van der Waals surface area contributed by atoms with Crippen LogP contribution in [0, 0.1) is 0 Å². The first-order valence-electron chi connectivity index (χ1n) is 5.69. The highest BCUT2D eigenvalue weighted by atomic mass is 32.2. The molecule has 106 valence electrons. The van der Waals surface area contributed by atoms with Crippen molar-refractivity contribution in [3.63, 3.8) is 0 Å². The molecule has 0 spiro atoms. The summed E-state index contributed by atoms with van der Waals surface area (Å²) < 4.78 is 44.2. The summed E-state index contributed by atoms with van der Waals surface area (Å²) >= 11 is 1.00. The quantitative estimate of drug-likeness (QED) is 0.851. The number of halogens is 3. The molecule has 2 aromatic rings. The van der Waals surface area contributed by atoms with Gasteiger partial charge in [-0.15, -0.1) is 0 Å². The molecule has 2 aromatic carbocycles. The van der Waals surface area contributed by atoms with Gasteiger partial charge in [0, 0.05) is 10.6 Å². The Morgan fingerprint density at radius 1 is 1.05 bits per heavy atom. The van der Waals surface area contributed by atoms with Crippen LogP contribution < -0.4 is 10.5 Å². The summed E-state index contributed by atoms with van der Waals surface area (Å²) in [5.41, 5.74) is 4.78. The topological polar surface area (TPSA) is 35.2 Å². The number of nitrogens with two attached hydrogens (primary N) is 1. The second-order valence-corrected chi connectivity index (χ2v) is 5.09. The van der Waals surface area contributed by atoms with Crippen LogP contribution >= 0.6 is 11.8 Å². The molecule has 0 aliphatic rings. The van der Waals surface area contributed by atoms with Gasteiger partial charge in [0.1, 0.15) is 5.75 Å². The number of anilines is 1. The number of methoxy groups -OCH3 is 1. The van der Waals surface area contributed by atoms with Gasteiger partial charge < -0.3 is 10.5 Å². The number of benzene rings is 2. The van der Waals surface area contributed by atoms with E-state index in [-0.39, 0.29) is 10.6 Å². The fourth-order valence-corrected chi connectivity index (χ4v) is 2.74. The largest absolute Gasteiger partial charge is 0.496 e. The molecule has 0 saturated heterocycles. The second kappa shape index (κ2) is 5.66. The molecule has 0 fully saturated rings. The fraction of sp³-hybridized carbons (Fsp3) is 0.143. The Kier molecular flexibility index (Phi) is 4.13. The number of para-hydroxylation sites is 1. The van der Waals surface area contributed by atoms with Crippen LogP contribution in [0.4, 0.5) is 18.9 Å². The van der Waals surface area contributed by atoms with Crippen molar-refractivity contribution < 1.29 is 17.9 Å². The van der Waals surface area contributed by atoms with Crippen LogP contribution in [0.1, 0.15) is 5.56 Å². The van der Waals surface area contributed by atoms with Crippen molar-refractivity contribution in [1.29, 1.82) is 0 Å². The van der Waals surface area contributed by atoms with Crippen LogP contribution in [0.25, 0.3) is 0 Å². The zero-order valence-corrected chi connectivity index (χ0v) is 11.4. The zero-order chi connectivity index (χ0) is 14.8. The lowest BCUT2D eigenvalue weighted by Crippen LogP contribution is -2.07. The van der Waals surface area contributed by atoms with E-state index in [9.17, 15) is 13.2 Å². The van der Waals surface area contributed by atoms with Crippen molar-refractivity contribution >= 4 is 17.4 Å². The fourth-order valence-electron chi connectivity index (χ4n) is 1.68. The molecule has 0 aliphatic carbocycles. The van der Waals surface area contributed by atoms with Crippen molar-refractivity contribution in [1.82, 2.24) is 0 Å². The normalized spacial score (nSPS) is 11.4. The van der Waals surface area contributed by atoms with Crippen molar-refractivity contribution in [3.8, 4) is 5.75 Å². The van der Waals surface area contributed by atoms with Gasteiger partial charge in [-0.2, -0.15) is 13.2 Å². The van der Waals surface area contributed by atoms with Crippen molar-refractivity contribution in [2.75, 3.05) is 12.8 Å². The highest BCUT2D eigenvalue weighted by Gasteiger charge is 2.34. The third kappa shape index (κ3) is 3.19. The van der Waals surface area contributed by atoms with Gasteiger partial charge >= 0.3 is 6.18 Å². The smallest absolute Gasteiger partial charge is 0.417 e. The SMILES string of the molecule is COc1ccccc1Sc1ccc(N)cc1C(F)(F)F. The summed E-state index contributed by atoms with van der Waals surface area (Å²) in [6, 6.07) is 10.7. The first kappa shape index (κ1) is 14.6. The highest BCUT2D eigenvalue weighted by molar-refractivity contribution is 7.99. The number of hydrogen-bond donors (Lipinski definition) is 1. The van der Waals surface area contributed by atoms with Gasteiger partial charge in [-0.05, 0) is 30.3 Å². The predicted octanol–water partition coefficient (Wildman–Crippen LogP) is 4.45. The molecule has 0 saturated carbocycles. The van der Waals surface area contributed by atoms with Crippen LogP contribution in [0.2, 0.25) is 0 Å². The number of hydrogen-bond acceptors (Lipinski definition) is 3. The molecule has 0 bridgehead atoms. The van der Waals surface area contributed by atoms with Crippen LogP contribution in [0.15, 0.2) is 52.3 Å². The molecule has 0 unspecified atom stereocenters. The Hall–Kier alpha value is -1.82. The molecule has 2 nitrogen and oxygen atoms in total. The number of ether oxygens (including phenoxy) is 1. The number of rotatable bonds is 3.